The summed E-state index contributed by atoms with van der Waals surface area (Å²) in [4.78, 5) is 11.9. The smallest absolute Gasteiger partial charge is 0.178 e. The summed E-state index contributed by atoms with van der Waals surface area (Å²) >= 11 is 0. The van der Waals surface area contributed by atoms with Gasteiger partial charge in [-0.05, 0) is 67.7 Å². The first kappa shape index (κ1) is 21.0. The van der Waals surface area contributed by atoms with Crippen LogP contribution < -0.4 is 0 Å². The molecule has 2 N–H and O–H groups in total. The van der Waals surface area contributed by atoms with Crippen LogP contribution in [0.2, 0.25) is 0 Å². The minimum absolute atomic E-state index is 0.0606. The largest absolute Gasteiger partial charge is 0.392 e. The fraction of sp³-hybridized carbons (Fsp3) is 0.577. The quantitative estimate of drug-likeness (QED) is 0.745. The molecule has 0 bridgehead atoms. The molecular weight excluding hydrogens is 398 g/mol. The van der Waals surface area contributed by atoms with Crippen LogP contribution in [0.4, 0.5) is 8.78 Å². The van der Waals surface area contributed by atoms with Gasteiger partial charge in [-0.3, -0.25) is 4.79 Å². The predicted octanol–water partition coefficient (Wildman–Crippen LogP) is 4.13. The van der Waals surface area contributed by atoms with Gasteiger partial charge < -0.3 is 10.2 Å². The Hall–Kier alpha value is -1.85. The van der Waals surface area contributed by atoms with Crippen molar-refractivity contribution in [3.8, 4) is 0 Å². The van der Waals surface area contributed by atoms with Crippen LogP contribution in [0.3, 0.4) is 0 Å². The molecule has 9 atom stereocenters. The van der Waals surface area contributed by atoms with Crippen molar-refractivity contribution in [3.05, 3.63) is 59.7 Å². The first-order valence-electron chi connectivity index (χ1n) is 11.3. The first-order valence-corrected chi connectivity index (χ1v) is 11.3. The summed E-state index contributed by atoms with van der Waals surface area (Å²) in [6.07, 6.45) is 1.65. The van der Waals surface area contributed by atoms with Crippen LogP contribution in [-0.4, -0.2) is 40.0 Å². The Balaban J connectivity index is 1.63. The second-order valence-electron chi connectivity index (χ2n) is 10.5. The molecule has 3 nitrogen and oxygen atoms in total. The van der Waals surface area contributed by atoms with Gasteiger partial charge in [0.15, 0.2) is 11.5 Å². The molecule has 166 valence electrons. The molecule has 4 aliphatic rings. The van der Waals surface area contributed by atoms with Gasteiger partial charge in [-0.15, -0.1) is 0 Å². The van der Waals surface area contributed by atoms with Gasteiger partial charge in [-0.2, -0.15) is 0 Å². The number of allylic oxidation sites excluding steroid dienone is 4. The molecule has 0 aromatic heterocycles. The van der Waals surface area contributed by atoms with Crippen molar-refractivity contribution in [2.24, 2.45) is 28.6 Å². The zero-order valence-electron chi connectivity index (χ0n) is 18.0. The van der Waals surface area contributed by atoms with E-state index < -0.39 is 40.8 Å². The summed E-state index contributed by atoms with van der Waals surface area (Å²) in [6.45, 7) is 3.58. The normalized spacial score (nSPS) is 48.6. The van der Waals surface area contributed by atoms with E-state index in [4.69, 9.17) is 0 Å². The Kier molecular flexibility index (Phi) is 4.63. The maximum absolute atomic E-state index is 17.1. The Morgan fingerprint density at radius 1 is 1.13 bits per heavy atom. The molecule has 0 heterocycles. The van der Waals surface area contributed by atoms with Crippen molar-refractivity contribution >= 4 is 5.78 Å². The van der Waals surface area contributed by atoms with Crippen LogP contribution in [0.1, 0.15) is 38.7 Å². The zero-order chi connectivity index (χ0) is 22.2. The molecule has 0 radical (unpaired) electrons. The molecular formula is C26H30F2O3. The number of alkyl halides is 2. The van der Waals surface area contributed by atoms with Crippen LogP contribution in [-0.2, 0) is 11.2 Å². The lowest BCUT2D eigenvalue weighted by atomic mass is 9.44. The third kappa shape index (κ3) is 2.65. The number of carbonyl (C=O) groups is 1. The first-order chi connectivity index (χ1) is 14.6. The highest BCUT2D eigenvalue weighted by molar-refractivity contribution is 6.01. The summed E-state index contributed by atoms with van der Waals surface area (Å²) in [7, 11) is 0. The predicted molar refractivity (Wildman–Crippen MR) is 114 cm³/mol. The van der Waals surface area contributed by atoms with E-state index in [9.17, 15) is 15.0 Å². The summed E-state index contributed by atoms with van der Waals surface area (Å²) in [6, 6.07) is 9.77. The number of benzene rings is 1. The van der Waals surface area contributed by atoms with Crippen LogP contribution in [0.25, 0.3) is 0 Å². The SMILES string of the molecule is C[C@@H]1C[C@H]2[C@@H]3C[C@H](F)C4=CC(=O)C=C[C@]4(C)[C@@]3(F)[C@@H](O)C[C@]2(Cc2ccccc2)[C@@H]1O. The lowest BCUT2D eigenvalue weighted by Crippen LogP contribution is -2.69. The number of hydrogen-bond acceptors (Lipinski definition) is 3. The maximum Gasteiger partial charge on any atom is 0.178 e. The molecule has 5 rings (SSSR count). The van der Waals surface area contributed by atoms with Gasteiger partial charge in [0.1, 0.15) is 6.17 Å². The third-order valence-electron chi connectivity index (χ3n) is 9.02. The average Bonchev–Trinajstić information content (AvgIpc) is 2.97. The van der Waals surface area contributed by atoms with Crippen molar-refractivity contribution < 1.29 is 23.8 Å². The van der Waals surface area contributed by atoms with E-state index in [1.807, 2.05) is 37.3 Å². The topological polar surface area (TPSA) is 57.5 Å². The monoisotopic (exact) mass is 428 g/mol. The summed E-state index contributed by atoms with van der Waals surface area (Å²) in [5, 5.41) is 22.7. The highest BCUT2D eigenvalue weighted by Crippen LogP contribution is 2.69. The van der Waals surface area contributed by atoms with Gasteiger partial charge in [-0.1, -0.05) is 43.3 Å². The van der Waals surface area contributed by atoms with Crippen LogP contribution in [0.15, 0.2) is 54.1 Å². The van der Waals surface area contributed by atoms with Crippen LogP contribution >= 0.6 is 0 Å². The number of aliphatic hydroxyl groups excluding tert-OH is 2. The van der Waals surface area contributed by atoms with Gasteiger partial charge in [0.05, 0.1) is 12.2 Å². The summed E-state index contributed by atoms with van der Waals surface area (Å²) in [5.41, 5.74) is -3.00. The number of fused-ring (bicyclic) bond motifs is 5. The molecule has 0 aliphatic heterocycles. The molecule has 4 aliphatic carbocycles. The molecule has 0 spiro atoms. The maximum atomic E-state index is 17.1. The summed E-state index contributed by atoms with van der Waals surface area (Å²) < 4.78 is 32.6. The average molecular weight is 429 g/mol. The Morgan fingerprint density at radius 2 is 1.84 bits per heavy atom. The van der Waals surface area contributed by atoms with E-state index in [-0.39, 0.29) is 36.0 Å². The molecule has 0 saturated heterocycles. The van der Waals surface area contributed by atoms with Crippen molar-refractivity contribution in [3.63, 3.8) is 0 Å². The molecule has 31 heavy (non-hydrogen) atoms. The van der Waals surface area contributed by atoms with Crippen molar-refractivity contribution in [2.45, 2.75) is 63.6 Å². The number of carbonyl (C=O) groups excluding carboxylic acids is 1. The van der Waals surface area contributed by atoms with Gasteiger partial charge in [0.2, 0.25) is 0 Å². The van der Waals surface area contributed by atoms with Gasteiger partial charge in [0, 0.05) is 16.7 Å². The number of ketones is 1. The molecule has 3 saturated carbocycles. The van der Waals surface area contributed by atoms with Crippen molar-refractivity contribution in [2.75, 3.05) is 0 Å². The third-order valence-corrected chi connectivity index (χ3v) is 9.02. The fourth-order valence-corrected chi connectivity index (χ4v) is 7.60. The Bertz CT molecular complexity index is 959. The fourth-order valence-electron chi connectivity index (χ4n) is 7.60. The van der Waals surface area contributed by atoms with Crippen molar-refractivity contribution in [1.29, 1.82) is 0 Å². The lowest BCUT2D eigenvalue weighted by Gasteiger charge is -2.62. The molecule has 1 aromatic rings. The lowest BCUT2D eigenvalue weighted by molar-refractivity contribution is -0.211. The van der Waals surface area contributed by atoms with E-state index >= 15 is 8.78 Å². The van der Waals surface area contributed by atoms with Crippen LogP contribution in [0.5, 0.6) is 0 Å². The Morgan fingerprint density at radius 3 is 2.55 bits per heavy atom. The molecule has 5 heteroatoms. The van der Waals surface area contributed by atoms with Crippen molar-refractivity contribution in [1.82, 2.24) is 0 Å². The minimum atomic E-state index is -2.09. The molecule has 0 amide bonds. The minimum Gasteiger partial charge on any atom is -0.392 e. The van der Waals surface area contributed by atoms with E-state index in [2.05, 4.69) is 0 Å². The van der Waals surface area contributed by atoms with Gasteiger partial charge in [0.25, 0.3) is 0 Å². The van der Waals surface area contributed by atoms with E-state index in [0.717, 1.165) is 5.56 Å². The zero-order valence-corrected chi connectivity index (χ0v) is 18.0. The standard InChI is InChI=1S/C26H30F2O3/c1-15-10-18-19-12-21(27)20-11-17(29)8-9-24(20,2)26(19,28)22(30)14-25(18,23(15)31)13-16-6-4-3-5-7-16/h3-9,11,15,18-19,21-23,30-31H,10,12-14H2,1-2H3/t15-,18+,19+,21+,22+,23-,24+,25+,26+/m1/s1. The summed E-state index contributed by atoms with van der Waals surface area (Å²) in [5.74, 6) is -1.40. The highest BCUT2D eigenvalue weighted by Gasteiger charge is 2.73. The van der Waals surface area contributed by atoms with E-state index in [0.29, 0.717) is 12.8 Å². The number of halogens is 2. The highest BCUT2D eigenvalue weighted by atomic mass is 19.1. The molecule has 3 fully saturated rings. The molecule has 1 aromatic carbocycles. The number of rotatable bonds is 2. The van der Waals surface area contributed by atoms with Gasteiger partial charge in [-0.25, -0.2) is 8.78 Å². The van der Waals surface area contributed by atoms with E-state index in [1.165, 1.54) is 18.2 Å². The van der Waals surface area contributed by atoms with E-state index in [1.54, 1.807) is 6.92 Å². The second kappa shape index (κ2) is 6.82. The number of hydrogen-bond donors (Lipinski definition) is 2. The molecule has 0 unspecified atom stereocenters. The van der Waals surface area contributed by atoms with Gasteiger partial charge >= 0.3 is 0 Å². The number of aliphatic hydroxyl groups is 2. The second-order valence-corrected chi connectivity index (χ2v) is 10.5. The Labute approximate surface area is 181 Å². The van der Waals surface area contributed by atoms with Crippen LogP contribution in [0, 0.1) is 28.6 Å².